The van der Waals surface area contributed by atoms with Crippen LogP contribution in [0.25, 0.3) is 5.83 Å². The monoisotopic (exact) mass is 230 g/mol. The van der Waals surface area contributed by atoms with E-state index in [1.807, 2.05) is 0 Å². The van der Waals surface area contributed by atoms with Gasteiger partial charge in [-0.2, -0.15) is 0 Å². The minimum atomic E-state index is -0.294. The minimum absolute atomic E-state index is 0.294. The fourth-order valence-electron chi connectivity index (χ4n) is 0.813. The predicted octanol–water partition coefficient (Wildman–Crippen LogP) is 3.36. The summed E-state index contributed by atoms with van der Waals surface area (Å²) in [7, 11) is 1.58. The molecule has 0 heterocycles. The summed E-state index contributed by atoms with van der Waals surface area (Å²) < 4.78 is 17.8. The number of hydrogen-bond acceptors (Lipinski definition) is 1. The molecule has 0 aliphatic carbocycles. The Labute approximate surface area is 79.0 Å². The number of hydrogen-bond donors (Lipinski definition) is 0. The largest absolute Gasteiger partial charge is 0.497 e. The van der Waals surface area contributed by atoms with Crippen LogP contribution in [0.4, 0.5) is 4.39 Å². The van der Waals surface area contributed by atoms with Crippen LogP contribution < -0.4 is 4.74 Å². The van der Waals surface area contributed by atoms with Crippen molar-refractivity contribution in [2.75, 3.05) is 7.11 Å². The average molecular weight is 231 g/mol. The van der Waals surface area contributed by atoms with Crippen molar-refractivity contribution in [3.63, 3.8) is 0 Å². The second-order valence-electron chi connectivity index (χ2n) is 2.19. The first-order valence-corrected chi connectivity index (χ1v) is 4.30. The lowest BCUT2D eigenvalue weighted by atomic mass is 10.2. The van der Waals surface area contributed by atoms with Crippen LogP contribution in [0.1, 0.15) is 5.56 Å². The number of methoxy groups -OCH3 is 1. The Hall–Kier alpha value is -0.830. The van der Waals surface area contributed by atoms with Gasteiger partial charge in [-0.1, -0.05) is 15.9 Å². The molecule has 0 unspecified atom stereocenters. The molecule has 12 heavy (non-hydrogen) atoms. The molecule has 1 rings (SSSR count). The SMILES string of the molecule is COc1ccc(/C(F)=C/Br)cc1. The van der Waals surface area contributed by atoms with E-state index in [-0.39, 0.29) is 5.83 Å². The molecule has 0 aliphatic heterocycles. The fourth-order valence-corrected chi connectivity index (χ4v) is 1.08. The highest BCUT2D eigenvalue weighted by Gasteiger charge is 1.98. The van der Waals surface area contributed by atoms with Gasteiger partial charge in [0.15, 0.2) is 0 Å². The Kier molecular flexibility index (Phi) is 3.29. The Morgan fingerprint density at radius 1 is 1.42 bits per heavy atom. The third kappa shape index (κ3) is 2.08. The highest BCUT2D eigenvalue weighted by Crippen LogP contribution is 2.20. The van der Waals surface area contributed by atoms with Crippen molar-refractivity contribution in [1.29, 1.82) is 0 Å². The van der Waals surface area contributed by atoms with Gasteiger partial charge in [-0.15, -0.1) is 0 Å². The standard InChI is InChI=1S/C9H8BrFO/c1-12-8-4-2-7(3-5-8)9(11)6-10/h2-6H,1H3/b9-6-. The molecule has 1 nitrogen and oxygen atoms in total. The van der Waals surface area contributed by atoms with E-state index in [0.29, 0.717) is 5.56 Å². The van der Waals surface area contributed by atoms with Crippen molar-refractivity contribution in [3.8, 4) is 5.75 Å². The van der Waals surface area contributed by atoms with E-state index in [0.717, 1.165) is 5.75 Å². The second kappa shape index (κ2) is 4.26. The van der Waals surface area contributed by atoms with Crippen molar-refractivity contribution in [2.24, 2.45) is 0 Å². The maximum absolute atomic E-state index is 12.9. The van der Waals surface area contributed by atoms with E-state index in [2.05, 4.69) is 15.9 Å². The number of benzene rings is 1. The summed E-state index contributed by atoms with van der Waals surface area (Å²) in [5.41, 5.74) is 0.535. The van der Waals surface area contributed by atoms with Crippen LogP contribution in [-0.2, 0) is 0 Å². The molecule has 3 heteroatoms. The first kappa shape index (κ1) is 9.26. The van der Waals surface area contributed by atoms with Gasteiger partial charge in [-0.25, -0.2) is 4.39 Å². The van der Waals surface area contributed by atoms with Gasteiger partial charge in [0.05, 0.1) is 7.11 Å². The third-order valence-electron chi connectivity index (χ3n) is 1.46. The van der Waals surface area contributed by atoms with Gasteiger partial charge >= 0.3 is 0 Å². The summed E-state index contributed by atoms with van der Waals surface area (Å²) >= 11 is 2.92. The molecular weight excluding hydrogens is 223 g/mol. The summed E-state index contributed by atoms with van der Waals surface area (Å²) in [4.78, 5) is 1.24. The highest BCUT2D eigenvalue weighted by atomic mass is 79.9. The highest BCUT2D eigenvalue weighted by molar-refractivity contribution is 9.11. The van der Waals surface area contributed by atoms with Crippen molar-refractivity contribution in [3.05, 3.63) is 34.8 Å². The van der Waals surface area contributed by atoms with Crippen LogP contribution in [-0.4, -0.2) is 7.11 Å². The summed E-state index contributed by atoms with van der Waals surface area (Å²) in [5.74, 6) is 0.429. The van der Waals surface area contributed by atoms with Crippen molar-refractivity contribution in [2.45, 2.75) is 0 Å². The van der Waals surface area contributed by atoms with E-state index < -0.39 is 0 Å². The van der Waals surface area contributed by atoms with Crippen LogP contribution in [0.2, 0.25) is 0 Å². The Morgan fingerprint density at radius 2 is 2.00 bits per heavy atom. The minimum Gasteiger partial charge on any atom is -0.497 e. The van der Waals surface area contributed by atoms with E-state index in [4.69, 9.17) is 4.74 Å². The molecular formula is C9H8BrFO. The molecule has 1 aromatic rings. The molecule has 64 valence electrons. The van der Waals surface area contributed by atoms with Crippen molar-refractivity contribution in [1.82, 2.24) is 0 Å². The quantitative estimate of drug-likeness (QED) is 0.758. The van der Waals surface area contributed by atoms with Gasteiger partial charge < -0.3 is 4.74 Å². The zero-order valence-corrected chi connectivity index (χ0v) is 8.14. The summed E-state index contributed by atoms with van der Waals surface area (Å²) in [6.45, 7) is 0. The van der Waals surface area contributed by atoms with Gasteiger partial charge in [-0.05, 0) is 24.3 Å². The molecule has 1 aromatic carbocycles. The molecule has 0 aliphatic rings. The van der Waals surface area contributed by atoms with Crippen LogP contribution >= 0.6 is 15.9 Å². The van der Waals surface area contributed by atoms with E-state index in [1.165, 1.54) is 4.99 Å². The second-order valence-corrected chi connectivity index (χ2v) is 2.64. The first-order chi connectivity index (χ1) is 5.77. The summed E-state index contributed by atoms with van der Waals surface area (Å²) in [6.07, 6.45) is 0. The van der Waals surface area contributed by atoms with Gasteiger partial charge in [-0.3, -0.25) is 0 Å². The molecule has 0 N–H and O–H groups in total. The summed E-state index contributed by atoms with van der Waals surface area (Å²) in [6, 6.07) is 6.74. The maximum Gasteiger partial charge on any atom is 0.137 e. The summed E-state index contributed by atoms with van der Waals surface area (Å²) in [5, 5.41) is 0. The lowest BCUT2D eigenvalue weighted by molar-refractivity contribution is 0.414. The molecule has 0 saturated carbocycles. The molecule has 0 amide bonds. The lowest BCUT2D eigenvalue weighted by Gasteiger charge is -1.99. The molecule has 0 radical (unpaired) electrons. The Morgan fingerprint density at radius 3 is 2.42 bits per heavy atom. The predicted molar refractivity (Wildman–Crippen MR) is 51.0 cm³/mol. The smallest absolute Gasteiger partial charge is 0.137 e. The zero-order valence-electron chi connectivity index (χ0n) is 6.55. The van der Waals surface area contributed by atoms with Crippen LogP contribution in [0.15, 0.2) is 29.3 Å². The fraction of sp³-hybridized carbons (Fsp3) is 0.111. The molecule has 0 aromatic heterocycles. The molecule has 0 saturated heterocycles. The molecule has 0 atom stereocenters. The number of rotatable bonds is 2. The Balaban J connectivity index is 2.92. The maximum atomic E-state index is 12.9. The molecule has 0 spiro atoms. The van der Waals surface area contributed by atoms with Gasteiger partial charge in [0.1, 0.15) is 11.6 Å². The average Bonchev–Trinajstić information content (AvgIpc) is 2.17. The third-order valence-corrected chi connectivity index (χ3v) is 1.86. The van der Waals surface area contributed by atoms with Gasteiger partial charge in [0, 0.05) is 10.5 Å². The number of halogens is 2. The molecule has 0 fully saturated rings. The van der Waals surface area contributed by atoms with Crippen molar-refractivity contribution < 1.29 is 9.13 Å². The van der Waals surface area contributed by atoms with E-state index in [9.17, 15) is 4.39 Å². The van der Waals surface area contributed by atoms with Gasteiger partial charge in [0.2, 0.25) is 0 Å². The topological polar surface area (TPSA) is 9.23 Å². The van der Waals surface area contributed by atoms with E-state index >= 15 is 0 Å². The lowest BCUT2D eigenvalue weighted by Crippen LogP contribution is -1.82. The zero-order chi connectivity index (χ0) is 8.97. The van der Waals surface area contributed by atoms with E-state index in [1.54, 1.807) is 31.4 Å². The van der Waals surface area contributed by atoms with Crippen LogP contribution in [0, 0.1) is 0 Å². The van der Waals surface area contributed by atoms with Crippen LogP contribution in [0.5, 0.6) is 5.75 Å². The number of ether oxygens (including phenoxy) is 1. The molecule has 0 bridgehead atoms. The van der Waals surface area contributed by atoms with Gasteiger partial charge in [0.25, 0.3) is 0 Å². The first-order valence-electron chi connectivity index (χ1n) is 3.38. The Bertz CT molecular complexity index is 279. The van der Waals surface area contributed by atoms with Crippen LogP contribution in [0.3, 0.4) is 0 Å². The van der Waals surface area contributed by atoms with Crippen molar-refractivity contribution >= 4 is 21.8 Å². The normalized spacial score (nSPS) is 11.4.